The number of benzene rings is 2. The number of Topliss-reactive ketones (excluding diaryl/α,β-unsaturated/α-hetero) is 1. The highest BCUT2D eigenvalue weighted by Crippen LogP contribution is 2.43. The first kappa shape index (κ1) is 21.3. The van der Waals surface area contributed by atoms with Gasteiger partial charge >= 0.3 is 0 Å². The molecule has 0 saturated carbocycles. The molecule has 1 saturated heterocycles. The molecule has 0 radical (unpaired) electrons. The molecule has 1 aromatic heterocycles. The van der Waals surface area contributed by atoms with E-state index in [-0.39, 0.29) is 16.9 Å². The normalized spacial score (nSPS) is 17.7. The van der Waals surface area contributed by atoms with Crippen molar-refractivity contribution < 1.29 is 32.6 Å². The molecule has 2 heterocycles. The first-order valence-electron chi connectivity index (χ1n) is 9.95. The Labute approximate surface area is 182 Å². The average molecular weight is 439 g/mol. The number of furan rings is 1. The van der Waals surface area contributed by atoms with Crippen molar-refractivity contribution in [1.82, 2.24) is 0 Å². The molecule has 6 nitrogen and oxygen atoms in total. The minimum Gasteiger partial charge on any atom is -0.507 e. The van der Waals surface area contributed by atoms with Gasteiger partial charge in [0.25, 0.3) is 11.7 Å². The molecule has 1 fully saturated rings. The summed E-state index contributed by atoms with van der Waals surface area (Å²) in [6.07, 6.45) is 2.14. The van der Waals surface area contributed by atoms with Crippen LogP contribution in [0, 0.1) is 11.6 Å². The van der Waals surface area contributed by atoms with E-state index in [9.17, 15) is 23.5 Å². The highest BCUT2D eigenvalue weighted by molar-refractivity contribution is 6.51. The summed E-state index contributed by atoms with van der Waals surface area (Å²) in [4.78, 5) is 26.6. The van der Waals surface area contributed by atoms with Crippen LogP contribution in [0.2, 0.25) is 0 Å². The van der Waals surface area contributed by atoms with Crippen molar-refractivity contribution in [2.24, 2.45) is 0 Å². The van der Waals surface area contributed by atoms with Crippen molar-refractivity contribution in [2.45, 2.75) is 19.4 Å². The van der Waals surface area contributed by atoms with E-state index in [0.717, 1.165) is 29.5 Å². The van der Waals surface area contributed by atoms with Crippen LogP contribution in [-0.2, 0) is 9.59 Å². The number of rotatable bonds is 6. The number of aliphatic hydroxyl groups is 1. The van der Waals surface area contributed by atoms with Crippen molar-refractivity contribution in [2.75, 3.05) is 11.5 Å². The number of carbonyl (C=O) groups is 2. The molecule has 1 aliphatic heterocycles. The van der Waals surface area contributed by atoms with E-state index in [1.54, 1.807) is 12.1 Å². The Bertz CT molecular complexity index is 1190. The molecule has 32 heavy (non-hydrogen) atoms. The Balaban J connectivity index is 1.84. The van der Waals surface area contributed by atoms with Gasteiger partial charge < -0.3 is 14.3 Å². The van der Waals surface area contributed by atoms with E-state index in [2.05, 4.69) is 0 Å². The Morgan fingerprint density at radius 2 is 1.88 bits per heavy atom. The lowest BCUT2D eigenvalue weighted by atomic mass is 9.99. The Morgan fingerprint density at radius 3 is 2.53 bits per heavy atom. The van der Waals surface area contributed by atoms with Gasteiger partial charge in [0.05, 0.1) is 24.1 Å². The number of carbonyl (C=O) groups excluding carboxylic acids is 2. The fourth-order valence-electron chi connectivity index (χ4n) is 3.55. The van der Waals surface area contributed by atoms with E-state index < -0.39 is 40.8 Å². The van der Waals surface area contributed by atoms with Crippen LogP contribution in [0.15, 0.2) is 70.9 Å². The molecule has 1 unspecified atom stereocenters. The molecule has 1 aliphatic rings. The third-order valence-corrected chi connectivity index (χ3v) is 5.03. The van der Waals surface area contributed by atoms with E-state index in [4.69, 9.17) is 9.15 Å². The third-order valence-electron chi connectivity index (χ3n) is 5.03. The van der Waals surface area contributed by atoms with Gasteiger partial charge in [-0.15, -0.1) is 0 Å². The molecular formula is C24H19F2NO5. The summed E-state index contributed by atoms with van der Waals surface area (Å²) in [6, 6.07) is 10.6. The molecule has 1 amide bonds. The second-order valence-corrected chi connectivity index (χ2v) is 7.15. The zero-order valence-corrected chi connectivity index (χ0v) is 17.0. The fourth-order valence-corrected chi connectivity index (χ4v) is 3.55. The van der Waals surface area contributed by atoms with Gasteiger partial charge in [-0.1, -0.05) is 6.92 Å². The number of hydrogen-bond acceptors (Lipinski definition) is 5. The third kappa shape index (κ3) is 3.75. The lowest BCUT2D eigenvalue weighted by Gasteiger charge is -2.23. The van der Waals surface area contributed by atoms with Crippen molar-refractivity contribution in [3.63, 3.8) is 0 Å². The standard InChI is InChI=1S/C24H19F2NO5/c1-2-11-31-16-8-5-14(6-9-16)22(28)20-21(19-4-3-12-32-19)27(24(30)23(20)29)18-13-15(25)7-10-17(18)26/h3-10,12-13,21,28H,2,11H2,1H3/b22-20-. The Hall–Kier alpha value is -3.94. The molecule has 1 atom stereocenters. The summed E-state index contributed by atoms with van der Waals surface area (Å²) < 4.78 is 39.3. The van der Waals surface area contributed by atoms with Gasteiger partial charge in [0, 0.05) is 11.6 Å². The van der Waals surface area contributed by atoms with Gasteiger partial charge in [-0.3, -0.25) is 14.5 Å². The van der Waals surface area contributed by atoms with Crippen LogP contribution in [0.5, 0.6) is 5.75 Å². The van der Waals surface area contributed by atoms with Crippen LogP contribution in [0.4, 0.5) is 14.5 Å². The second-order valence-electron chi connectivity index (χ2n) is 7.15. The van der Waals surface area contributed by atoms with Crippen LogP contribution in [0.1, 0.15) is 30.7 Å². The van der Waals surface area contributed by atoms with Gasteiger partial charge in [-0.2, -0.15) is 0 Å². The van der Waals surface area contributed by atoms with Crippen molar-refractivity contribution in [1.29, 1.82) is 0 Å². The number of halogens is 2. The fraction of sp³-hybridized carbons (Fsp3) is 0.167. The summed E-state index contributed by atoms with van der Waals surface area (Å²) in [5, 5.41) is 11.0. The quantitative estimate of drug-likeness (QED) is 0.333. The number of hydrogen-bond donors (Lipinski definition) is 1. The highest BCUT2D eigenvalue weighted by Gasteiger charge is 2.49. The number of aliphatic hydroxyl groups excluding tert-OH is 1. The van der Waals surface area contributed by atoms with E-state index >= 15 is 0 Å². The number of nitrogens with zero attached hydrogens (tertiary/aromatic N) is 1. The number of amides is 1. The van der Waals surface area contributed by atoms with Gasteiger partial charge in [0.1, 0.15) is 34.9 Å². The topological polar surface area (TPSA) is 80.0 Å². The smallest absolute Gasteiger partial charge is 0.300 e. The monoisotopic (exact) mass is 439 g/mol. The van der Waals surface area contributed by atoms with Crippen molar-refractivity contribution >= 4 is 23.1 Å². The lowest BCUT2D eigenvalue weighted by molar-refractivity contribution is -0.132. The van der Waals surface area contributed by atoms with Gasteiger partial charge in [0.15, 0.2) is 0 Å². The average Bonchev–Trinajstić information content (AvgIpc) is 3.41. The first-order chi connectivity index (χ1) is 15.4. The molecule has 4 rings (SSSR count). The maximum atomic E-state index is 14.5. The molecule has 0 spiro atoms. The molecule has 3 aromatic rings. The molecule has 164 valence electrons. The summed E-state index contributed by atoms with van der Waals surface area (Å²) in [5.41, 5.74) is -0.477. The summed E-state index contributed by atoms with van der Waals surface area (Å²) in [6.45, 7) is 2.49. The predicted octanol–water partition coefficient (Wildman–Crippen LogP) is 4.97. The largest absolute Gasteiger partial charge is 0.507 e. The zero-order chi connectivity index (χ0) is 22.8. The summed E-state index contributed by atoms with van der Waals surface area (Å²) >= 11 is 0. The maximum Gasteiger partial charge on any atom is 0.300 e. The van der Waals surface area contributed by atoms with E-state index in [0.29, 0.717) is 12.4 Å². The SMILES string of the molecule is CCCOc1ccc(/C(O)=C2/C(=O)C(=O)N(c3cc(F)ccc3F)C2c2ccco2)cc1. The molecule has 1 N–H and O–H groups in total. The first-order valence-corrected chi connectivity index (χ1v) is 9.95. The van der Waals surface area contributed by atoms with Crippen LogP contribution < -0.4 is 9.64 Å². The number of ether oxygens (including phenoxy) is 1. The molecule has 2 aromatic carbocycles. The summed E-state index contributed by atoms with van der Waals surface area (Å²) in [7, 11) is 0. The lowest BCUT2D eigenvalue weighted by Crippen LogP contribution is -2.30. The van der Waals surface area contributed by atoms with Crippen LogP contribution >= 0.6 is 0 Å². The number of anilines is 1. The molecular weight excluding hydrogens is 420 g/mol. The minimum atomic E-state index is -1.28. The Kier molecular flexibility index (Phi) is 5.77. The highest BCUT2D eigenvalue weighted by atomic mass is 19.1. The van der Waals surface area contributed by atoms with Gasteiger partial charge in [-0.25, -0.2) is 8.78 Å². The minimum absolute atomic E-state index is 0.109. The second kappa shape index (κ2) is 8.66. The zero-order valence-electron chi connectivity index (χ0n) is 17.0. The van der Waals surface area contributed by atoms with Crippen molar-refractivity contribution in [3.05, 3.63) is 89.4 Å². The molecule has 8 heteroatoms. The maximum absolute atomic E-state index is 14.5. The predicted molar refractivity (Wildman–Crippen MR) is 112 cm³/mol. The van der Waals surface area contributed by atoms with Crippen LogP contribution in [0.25, 0.3) is 5.76 Å². The number of ketones is 1. The van der Waals surface area contributed by atoms with Crippen LogP contribution in [0.3, 0.4) is 0 Å². The molecule has 0 aliphatic carbocycles. The van der Waals surface area contributed by atoms with E-state index in [1.165, 1.54) is 30.5 Å². The van der Waals surface area contributed by atoms with Crippen LogP contribution in [-0.4, -0.2) is 23.4 Å². The summed E-state index contributed by atoms with van der Waals surface area (Å²) in [5.74, 6) is -3.62. The Morgan fingerprint density at radius 1 is 1.12 bits per heavy atom. The van der Waals surface area contributed by atoms with Gasteiger partial charge in [0.2, 0.25) is 0 Å². The van der Waals surface area contributed by atoms with Crippen molar-refractivity contribution in [3.8, 4) is 5.75 Å². The van der Waals surface area contributed by atoms with Gasteiger partial charge in [-0.05, 0) is 55.0 Å². The van der Waals surface area contributed by atoms with E-state index in [1.807, 2.05) is 6.92 Å². The molecule has 0 bridgehead atoms.